The molecule has 3 heterocycles. The van der Waals surface area contributed by atoms with Crippen LogP contribution >= 0.6 is 0 Å². The maximum Gasteiger partial charge on any atom is 0.324 e. The number of alkyl halides is 1. The number of anilines is 3. The van der Waals surface area contributed by atoms with E-state index in [4.69, 9.17) is 5.73 Å². The van der Waals surface area contributed by atoms with Crippen molar-refractivity contribution in [3.8, 4) is 11.1 Å². The molecule has 0 spiro atoms. The standard InChI is InChI=1S/C25H27FN8O2/c1-14-10-15(31-24(36)32-19-7-5-6-16(11-26)30-19)8-9-17(14)20-18(23(35)33-25(2,3)4)12-34-21(20)22(27)28-13-29-34/h5-10,12-13H,11H2,1-4H3,(H,33,35)(H2,27,28,29)(H2,30,31,32,36). The molecule has 11 heteroatoms. The molecule has 186 valence electrons. The summed E-state index contributed by atoms with van der Waals surface area (Å²) in [5.41, 5.74) is 9.49. The molecule has 0 atom stereocenters. The van der Waals surface area contributed by atoms with Crippen LogP contribution < -0.4 is 21.7 Å². The average molecular weight is 491 g/mol. The molecule has 0 aliphatic heterocycles. The minimum absolute atomic E-state index is 0.224. The number of hydrogen-bond donors (Lipinski definition) is 4. The van der Waals surface area contributed by atoms with Gasteiger partial charge in [-0.25, -0.2) is 23.7 Å². The Hall–Kier alpha value is -4.54. The van der Waals surface area contributed by atoms with Crippen LogP contribution in [0.2, 0.25) is 0 Å². The van der Waals surface area contributed by atoms with E-state index >= 15 is 0 Å². The zero-order valence-electron chi connectivity index (χ0n) is 20.4. The lowest BCUT2D eigenvalue weighted by atomic mass is 9.96. The number of urea groups is 1. The van der Waals surface area contributed by atoms with Gasteiger partial charge in [-0.05, 0) is 63.1 Å². The highest BCUT2D eigenvalue weighted by atomic mass is 19.1. The third-order valence-corrected chi connectivity index (χ3v) is 5.27. The van der Waals surface area contributed by atoms with Crippen molar-refractivity contribution in [1.29, 1.82) is 0 Å². The number of carbonyl (C=O) groups excluding carboxylic acids is 2. The summed E-state index contributed by atoms with van der Waals surface area (Å²) in [7, 11) is 0. The Balaban J connectivity index is 1.67. The highest BCUT2D eigenvalue weighted by Gasteiger charge is 2.25. The summed E-state index contributed by atoms with van der Waals surface area (Å²) in [6.07, 6.45) is 2.95. The molecule has 0 saturated heterocycles. The van der Waals surface area contributed by atoms with Gasteiger partial charge in [0.15, 0.2) is 5.82 Å². The van der Waals surface area contributed by atoms with Crippen molar-refractivity contribution < 1.29 is 14.0 Å². The van der Waals surface area contributed by atoms with Gasteiger partial charge in [-0.15, -0.1) is 0 Å². The SMILES string of the molecule is Cc1cc(NC(=O)Nc2cccc(CF)n2)ccc1-c1c(C(=O)NC(C)(C)C)cn2ncnc(N)c12. The number of aromatic nitrogens is 4. The van der Waals surface area contributed by atoms with Gasteiger partial charge < -0.3 is 16.4 Å². The Morgan fingerprint density at radius 3 is 2.61 bits per heavy atom. The molecular weight excluding hydrogens is 463 g/mol. The van der Waals surface area contributed by atoms with Gasteiger partial charge in [-0.2, -0.15) is 5.10 Å². The molecule has 0 aliphatic rings. The number of pyridine rings is 1. The Morgan fingerprint density at radius 2 is 1.92 bits per heavy atom. The maximum atomic E-state index is 13.2. The van der Waals surface area contributed by atoms with Crippen LogP contribution in [0.1, 0.15) is 42.4 Å². The van der Waals surface area contributed by atoms with Gasteiger partial charge in [0, 0.05) is 23.0 Å². The number of hydrogen-bond acceptors (Lipinski definition) is 6. The van der Waals surface area contributed by atoms with Crippen molar-refractivity contribution in [2.24, 2.45) is 0 Å². The summed E-state index contributed by atoms with van der Waals surface area (Å²) in [4.78, 5) is 33.7. The molecular formula is C25H27FN8O2. The molecule has 4 rings (SSSR count). The summed E-state index contributed by atoms with van der Waals surface area (Å²) in [6, 6.07) is 9.47. The molecule has 0 bridgehead atoms. The van der Waals surface area contributed by atoms with Gasteiger partial charge >= 0.3 is 6.03 Å². The van der Waals surface area contributed by atoms with Crippen molar-refractivity contribution in [3.63, 3.8) is 0 Å². The molecule has 0 radical (unpaired) electrons. The van der Waals surface area contributed by atoms with Crippen molar-refractivity contribution in [1.82, 2.24) is 24.9 Å². The maximum absolute atomic E-state index is 13.2. The van der Waals surface area contributed by atoms with E-state index in [2.05, 4.69) is 31.0 Å². The first kappa shape index (κ1) is 24.6. The Kier molecular flexibility index (Phi) is 6.56. The number of nitrogens with one attached hydrogen (secondary N) is 3. The lowest BCUT2D eigenvalue weighted by Crippen LogP contribution is -2.40. The Bertz CT molecular complexity index is 1460. The van der Waals surface area contributed by atoms with Gasteiger partial charge in [0.2, 0.25) is 0 Å². The lowest BCUT2D eigenvalue weighted by Gasteiger charge is -2.21. The summed E-state index contributed by atoms with van der Waals surface area (Å²) < 4.78 is 14.4. The molecule has 4 aromatic rings. The fourth-order valence-electron chi connectivity index (χ4n) is 3.81. The smallest absolute Gasteiger partial charge is 0.324 e. The molecule has 5 N–H and O–H groups in total. The van der Waals surface area contributed by atoms with Crippen LogP contribution in [0, 0.1) is 6.92 Å². The second-order valence-corrected chi connectivity index (χ2v) is 9.32. The zero-order valence-corrected chi connectivity index (χ0v) is 20.4. The number of fused-ring (bicyclic) bond motifs is 1. The number of halogens is 1. The van der Waals surface area contributed by atoms with E-state index in [9.17, 15) is 14.0 Å². The number of nitrogens with two attached hydrogens (primary N) is 1. The van der Waals surface area contributed by atoms with Crippen molar-refractivity contribution in [2.45, 2.75) is 39.9 Å². The normalized spacial score (nSPS) is 11.4. The van der Waals surface area contributed by atoms with Crippen LogP contribution in [0.15, 0.2) is 48.9 Å². The van der Waals surface area contributed by atoms with E-state index in [-0.39, 0.29) is 23.2 Å². The summed E-state index contributed by atoms with van der Waals surface area (Å²) in [5.74, 6) is 0.200. The number of rotatable bonds is 5. The van der Waals surface area contributed by atoms with Crippen LogP contribution in [0.4, 0.5) is 26.5 Å². The molecule has 3 aromatic heterocycles. The topological polar surface area (TPSA) is 139 Å². The molecule has 36 heavy (non-hydrogen) atoms. The van der Waals surface area contributed by atoms with Crippen LogP contribution in [0.5, 0.6) is 0 Å². The summed E-state index contributed by atoms with van der Waals surface area (Å²) in [6.45, 7) is 6.83. The van der Waals surface area contributed by atoms with E-state index in [1.165, 1.54) is 16.9 Å². The van der Waals surface area contributed by atoms with Crippen molar-refractivity contribution >= 4 is 34.8 Å². The third kappa shape index (κ3) is 5.24. The van der Waals surface area contributed by atoms with Crippen LogP contribution in [0.25, 0.3) is 16.6 Å². The first-order valence-electron chi connectivity index (χ1n) is 11.2. The van der Waals surface area contributed by atoms with Gasteiger partial charge in [-0.3, -0.25) is 10.1 Å². The van der Waals surface area contributed by atoms with E-state index in [0.29, 0.717) is 22.3 Å². The predicted molar refractivity (Wildman–Crippen MR) is 136 cm³/mol. The summed E-state index contributed by atoms with van der Waals surface area (Å²) in [5, 5.41) is 12.5. The van der Waals surface area contributed by atoms with Gasteiger partial charge in [0.25, 0.3) is 5.91 Å². The number of benzene rings is 1. The van der Waals surface area contributed by atoms with Gasteiger partial charge in [-0.1, -0.05) is 12.1 Å². The van der Waals surface area contributed by atoms with E-state index < -0.39 is 18.2 Å². The number of nitrogens with zero attached hydrogens (tertiary/aromatic N) is 4. The first-order chi connectivity index (χ1) is 17.1. The highest BCUT2D eigenvalue weighted by molar-refractivity contribution is 6.08. The predicted octanol–water partition coefficient (Wildman–Crippen LogP) is 4.32. The molecule has 0 fully saturated rings. The van der Waals surface area contributed by atoms with Crippen LogP contribution in [-0.2, 0) is 6.67 Å². The monoisotopic (exact) mass is 490 g/mol. The highest BCUT2D eigenvalue weighted by Crippen LogP contribution is 2.35. The van der Waals surface area contributed by atoms with E-state index in [1.54, 1.807) is 36.5 Å². The number of carbonyl (C=O) groups is 2. The summed E-state index contributed by atoms with van der Waals surface area (Å²) >= 11 is 0. The quantitative estimate of drug-likeness (QED) is 0.328. The van der Waals surface area contributed by atoms with E-state index in [0.717, 1.165) is 11.1 Å². The lowest BCUT2D eigenvalue weighted by molar-refractivity contribution is 0.0920. The number of aryl methyl sites for hydroxylation is 1. The van der Waals surface area contributed by atoms with Gasteiger partial charge in [0.1, 0.15) is 24.3 Å². The molecule has 1 aromatic carbocycles. The molecule has 0 aliphatic carbocycles. The fraction of sp³-hybridized carbons (Fsp3) is 0.240. The van der Waals surface area contributed by atoms with Crippen molar-refractivity contribution in [2.75, 3.05) is 16.4 Å². The zero-order chi connectivity index (χ0) is 26.0. The number of nitrogen functional groups attached to an aromatic ring is 1. The molecule has 10 nitrogen and oxygen atoms in total. The second kappa shape index (κ2) is 9.61. The molecule has 0 saturated carbocycles. The minimum atomic E-state index is -0.724. The van der Waals surface area contributed by atoms with Crippen LogP contribution in [0.3, 0.4) is 0 Å². The van der Waals surface area contributed by atoms with E-state index in [1.807, 2.05) is 27.7 Å². The van der Waals surface area contributed by atoms with Gasteiger partial charge in [0.05, 0.1) is 11.3 Å². The Morgan fingerprint density at radius 1 is 1.14 bits per heavy atom. The third-order valence-electron chi connectivity index (χ3n) is 5.27. The number of amides is 3. The molecule has 3 amide bonds. The molecule has 0 unspecified atom stereocenters. The average Bonchev–Trinajstić information content (AvgIpc) is 3.19. The first-order valence-corrected chi connectivity index (χ1v) is 11.2. The van der Waals surface area contributed by atoms with Crippen molar-refractivity contribution in [3.05, 3.63) is 65.7 Å². The Labute approximate surface area is 207 Å². The van der Waals surface area contributed by atoms with Crippen LogP contribution in [-0.4, -0.2) is 37.1 Å². The minimum Gasteiger partial charge on any atom is -0.382 e. The fourth-order valence-corrected chi connectivity index (χ4v) is 3.81. The second-order valence-electron chi connectivity index (χ2n) is 9.32. The largest absolute Gasteiger partial charge is 0.382 e.